The fraction of sp³-hybridized carbons (Fsp3) is 0.462. The first kappa shape index (κ1) is 22.5. The SMILES string of the molecule is CC(C)(O)C#Cc1ccc([C@@H]2[C@@H](CO)N3CCCCN(C(=O)c4ccncc4)C[C@H]23)cc1. The van der Waals surface area contributed by atoms with Gasteiger partial charge in [-0.2, -0.15) is 0 Å². The first-order valence-corrected chi connectivity index (χ1v) is 11.3. The normalized spacial score (nSPS) is 23.8. The number of carbonyl (C=O) groups excluding carboxylic acids is 1. The van der Waals surface area contributed by atoms with E-state index in [4.69, 9.17) is 0 Å². The molecule has 0 radical (unpaired) electrons. The van der Waals surface area contributed by atoms with E-state index in [1.165, 1.54) is 0 Å². The highest BCUT2D eigenvalue weighted by Crippen LogP contribution is 2.42. The number of fused-ring (bicyclic) bond motifs is 1. The standard InChI is InChI=1S/C26H31N3O3/c1-26(2,32)12-9-19-5-7-20(8-6-19)24-22-17-28(25(31)21-10-13-27-14-11-21)15-3-4-16-29(22)23(24)18-30/h5-8,10-11,13-14,22-24,30,32H,3-4,15-18H2,1-2H3/t22-,23-,24+/m1/s1. The van der Waals surface area contributed by atoms with Crippen LogP contribution in [0.25, 0.3) is 0 Å². The Kier molecular flexibility index (Phi) is 6.61. The molecule has 1 aromatic carbocycles. The highest BCUT2D eigenvalue weighted by atomic mass is 16.3. The molecule has 2 aromatic rings. The number of carbonyl (C=O) groups is 1. The third kappa shape index (κ3) is 4.86. The lowest BCUT2D eigenvalue weighted by molar-refractivity contribution is -0.0606. The fourth-order valence-corrected chi connectivity index (χ4v) is 4.82. The van der Waals surface area contributed by atoms with Gasteiger partial charge in [-0.25, -0.2) is 0 Å². The van der Waals surface area contributed by atoms with E-state index in [2.05, 4.69) is 33.9 Å². The number of nitrogens with zero attached hydrogens (tertiary/aromatic N) is 3. The number of aliphatic hydroxyl groups excluding tert-OH is 1. The van der Waals surface area contributed by atoms with Gasteiger partial charge in [0.15, 0.2) is 0 Å². The highest BCUT2D eigenvalue weighted by Gasteiger charge is 2.49. The number of hydrogen-bond donors (Lipinski definition) is 2. The molecule has 3 atom stereocenters. The zero-order chi connectivity index (χ0) is 22.7. The van der Waals surface area contributed by atoms with E-state index in [-0.39, 0.29) is 30.5 Å². The number of pyridine rings is 1. The Bertz CT molecular complexity index is 989. The smallest absolute Gasteiger partial charge is 0.254 e. The van der Waals surface area contributed by atoms with Crippen LogP contribution >= 0.6 is 0 Å². The molecule has 6 nitrogen and oxygen atoms in total. The summed E-state index contributed by atoms with van der Waals surface area (Å²) in [5.41, 5.74) is 1.63. The Morgan fingerprint density at radius 2 is 1.81 bits per heavy atom. The van der Waals surface area contributed by atoms with Gasteiger partial charge >= 0.3 is 0 Å². The fourth-order valence-electron chi connectivity index (χ4n) is 4.82. The Balaban J connectivity index is 1.55. The van der Waals surface area contributed by atoms with E-state index < -0.39 is 5.60 Å². The second kappa shape index (κ2) is 9.41. The largest absolute Gasteiger partial charge is 0.395 e. The van der Waals surface area contributed by atoms with Crippen molar-refractivity contribution in [1.82, 2.24) is 14.8 Å². The van der Waals surface area contributed by atoms with Crippen molar-refractivity contribution in [1.29, 1.82) is 0 Å². The monoisotopic (exact) mass is 433 g/mol. The van der Waals surface area contributed by atoms with Gasteiger partial charge in [0.05, 0.1) is 6.61 Å². The van der Waals surface area contributed by atoms with Gasteiger partial charge in [-0.1, -0.05) is 24.0 Å². The van der Waals surface area contributed by atoms with Gasteiger partial charge in [0.1, 0.15) is 5.60 Å². The topological polar surface area (TPSA) is 76.9 Å². The second-order valence-electron chi connectivity index (χ2n) is 9.21. The average Bonchev–Trinajstić information content (AvgIpc) is 2.77. The molecule has 1 amide bonds. The summed E-state index contributed by atoms with van der Waals surface area (Å²) in [5.74, 6) is 6.04. The van der Waals surface area contributed by atoms with E-state index in [9.17, 15) is 15.0 Å². The van der Waals surface area contributed by atoms with Crippen molar-refractivity contribution in [2.45, 2.75) is 50.3 Å². The lowest BCUT2D eigenvalue weighted by Crippen LogP contribution is -2.67. The molecule has 0 saturated carbocycles. The van der Waals surface area contributed by atoms with E-state index in [0.717, 1.165) is 37.1 Å². The van der Waals surface area contributed by atoms with Crippen molar-refractivity contribution in [2.75, 3.05) is 26.2 Å². The molecule has 6 heteroatoms. The van der Waals surface area contributed by atoms with Crippen LogP contribution < -0.4 is 0 Å². The number of hydrogen-bond acceptors (Lipinski definition) is 5. The van der Waals surface area contributed by atoms with E-state index >= 15 is 0 Å². The van der Waals surface area contributed by atoms with Crippen LogP contribution in [0.2, 0.25) is 0 Å². The predicted molar refractivity (Wildman–Crippen MR) is 123 cm³/mol. The predicted octanol–water partition coefficient (Wildman–Crippen LogP) is 2.27. The Labute approximate surface area is 189 Å². The highest BCUT2D eigenvalue weighted by molar-refractivity contribution is 5.94. The molecule has 168 valence electrons. The molecular formula is C26H31N3O3. The molecule has 0 spiro atoms. The molecule has 2 aliphatic heterocycles. The Morgan fingerprint density at radius 1 is 1.12 bits per heavy atom. The number of aliphatic hydroxyl groups is 2. The third-order valence-corrected chi connectivity index (χ3v) is 6.39. The van der Waals surface area contributed by atoms with Crippen LogP contribution in [0.4, 0.5) is 0 Å². The minimum atomic E-state index is -1.03. The van der Waals surface area contributed by atoms with Crippen molar-refractivity contribution in [2.24, 2.45) is 0 Å². The van der Waals surface area contributed by atoms with Crippen LogP contribution in [0.3, 0.4) is 0 Å². The minimum Gasteiger partial charge on any atom is -0.395 e. The van der Waals surface area contributed by atoms with Crippen LogP contribution in [0.1, 0.15) is 54.1 Å². The van der Waals surface area contributed by atoms with Crippen LogP contribution in [-0.2, 0) is 0 Å². The number of benzene rings is 1. The van der Waals surface area contributed by atoms with E-state index in [1.807, 2.05) is 17.0 Å². The summed E-state index contributed by atoms with van der Waals surface area (Å²) in [6, 6.07) is 11.8. The van der Waals surface area contributed by atoms with Crippen molar-refractivity contribution in [3.63, 3.8) is 0 Å². The van der Waals surface area contributed by atoms with Gasteiger partial charge in [0.2, 0.25) is 0 Å². The average molecular weight is 434 g/mol. The summed E-state index contributed by atoms with van der Waals surface area (Å²) in [6.07, 6.45) is 5.27. The quantitative estimate of drug-likeness (QED) is 0.727. The molecule has 2 N–H and O–H groups in total. The van der Waals surface area contributed by atoms with Crippen molar-refractivity contribution in [3.05, 3.63) is 65.5 Å². The van der Waals surface area contributed by atoms with Crippen molar-refractivity contribution < 1.29 is 15.0 Å². The zero-order valence-corrected chi connectivity index (χ0v) is 18.7. The van der Waals surface area contributed by atoms with Crippen LogP contribution in [0.5, 0.6) is 0 Å². The number of amides is 1. The molecule has 0 aliphatic carbocycles. The van der Waals surface area contributed by atoms with Crippen molar-refractivity contribution in [3.8, 4) is 11.8 Å². The summed E-state index contributed by atoms with van der Waals surface area (Å²) in [6.45, 7) is 5.75. The van der Waals surface area contributed by atoms with Gasteiger partial charge < -0.3 is 15.1 Å². The lowest BCUT2D eigenvalue weighted by Gasteiger charge is -2.57. The molecule has 2 fully saturated rings. The molecule has 4 rings (SSSR count). The van der Waals surface area contributed by atoms with Gasteiger partial charge in [-0.3, -0.25) is 14.7 Å². The summed E-state index contributed by atoms with van der Waals surface area (Å²) in [5, 5.41) is 19.9. The summed E-state index contributed by atoms with van der Waals surface area (Å²) < 4.78 is 0. The van der Waals surface area contributed by atoms with Gasteiger partial charge in [0.25, 0.3) is 5.91 Å². The maximum absolute atomic E-state index is 13.1. The zero-order valence-electron chi connectivity index (χ0n) is 18.7. The molecular weight excluding hydrogens is 402 g/mol. The van der Waals surface area contributed by atoms with Gasteiger partial charge in [-0.15, -0.1) is 0 Å². The van der Waals surface area contributed by atoms with Crippen LogP contribution in [0, 0.1) is 11.8 Å². The van der Waals surface area contributed by atoms with Crippen molar-refractivity contribution >= 4 is 5.91 Å². The summed E-state index contributed by atoms with van der Waals surface area (Å²) in [7, 11) is 0. The molecule has 0 bridgehead atoms. The van der Waals surface area contributed by atoms with Crippen LogP contribution in [0.15, 0.2) is 48.8 Å². The summed E-state index contributed by atoms with van der Waals surface area (Å²) >= 11 is 0. The van der Waals surface area contributed by atoms with Gasteiger partial charge in [-0.05, 0) is 63.1 Å². The Hall–Kier alpha value is -2.72. The van der Waals surface area contributed by atoms with Gasteiger partial charge in [0, 0.05) is 54.6 Å². The maximum Gasteiger partial charge on any atom is 0.254 e. The van der Waals surface area contributed by atoms with Crippen LogP contribution in [-0.4, -0.2) is 74.8 Å². The molecule has 3 heterocycles. The lowest BCUT2D eigenvalue weighted by atomic mass is 9.74. The first-order chi connectivity index (χ1) is 15.4. The minimum absolute atomic E-state index is 0.0395. The molecule has 32 heavy (non-hydrogen) atoms. The number of aromatic nitrogens is 1. The number of rotatable bonds is 3. The first-order valence-electron chi connectivity index (χ1n) is 11.3. The van der Waals surface area contributed by atoms with E-state index in [0.29, 0.717) is 12.1 Å². The third-order valence-electron chi connectivity index (χ3n) is 6.39. The summed E-state index contributed by atoms with van der Waals surface area (Å²) in [4.78, 5) is 21.5. The molecule has 2 saturated heterocycles. The molecule has 0 unspecified atom stereocenters. The maximum atomic E-state index is 13.1. The second-order valence-corrected chi connectivity index (χ2v) is 9.21. The Morgan fingerprint density at radius 3 is 2.47 bits per heavy atom. The molecule has 2 aliphatic rings. The molecule has 1 aromatic heterocycles. The van der Waals surface area contributed by atoms with E-state index in [1.54, 1.807) is 38.4 Å².